The van der Waals surface area contributed by atoms with Gasteiger partial charge in [-0.3, -0.25) is 0 Å². The van der Waals surface area contributed by atoms with E-state index in [-0.39, 0.29) is 32.2 Å². The van der Waals surface area contributed by atoms with Crippen LogP contribution < -0.4 is 33.9 Å². The summed E-state index contributed by atoms with van der Waals surface area (Å²) in [6.45, 7) is 7.99. The highest BCUT2D eigenvalue weighted by Crippen LogP contribution is 2.04. The zero-order valence-electron chi connectivity index (χ0n) is 18.4. The van der Waals surface area contributed by atoms with Crippen LogP contribution in [0.2, 0.25) is 0 Å². The van der Waals surface area contributed by atoms with Crippen molar-refractivity contribution >= 4 is 11.6 Å². The molecule has 0 radical (unpaired) electrons. The Labute approximate surface area is 211 Å². The molecule has 0 amide bonds. The van der Waals surface area contributed by atoms with Crippen molar-refractivity contribution in [2.45, 2.75) is 46.7 Å². The third kappa shape index (κ3) is 15.0. The van der Waals surface area contributed by atoms with Crippen LogP contribution in [-0.4, -0.2) is 45.5 Å². The number of rotatable bonds is 16. The molecule has 2 aromatic heterocycles. The molecule has 0 N–H and O–H groups in total. The fourth-order valence-corrected chi connectivity index (χ4v) is 2.97. The number of ether oxygens (including phenoxy) is 3. The number of nitrogens with zero attached hydrogens (tertiary/aromatic N) is 2. The van der Waals surface area contributed by atoms with Crippen molar-refractivity contribution in [3.8, 4) is 0 Å². The Balaban J connectivity index is 0. The van der Waals surface area contributed by atoms with Crippen molar-refractivity contribution < 1.29 is 48.2 Å². The van der Waals surface area contributed by atoms with Crippen molar-refractivity contribution in [3.05, 3.63) is 60.2 Å². The van der Waals surface area contributed by atoms with E-state index < -0.39 is 0 Å². The predicted octanol–water partition coefficient (Wildman–Crippen LogP) is -2.61. The lowest BCUT2D eigenvalue weighted by molar-refractivity contribution is -0.698. The lowest BCUT2D eigenvalue weighted by Crippen LogP contribution is -3.00. The summed E-state index contributed by atoms with van der Waals surface area (Å²) < 4.78 is 20.7. The van der Waals surface area contributed by atoms with Gasteiger partial charge in [-0.2, -0.15) is 0 Å². The molecule has 2 heterocycles. The first kappa shape index (κ1) is 33.2. The molecule has 5 nitrogen and oxygen atoms in total. The van der Waals surface area contributed by atoms with Crippen molar-refractivity contribution in [1.82, 2.24) is 0 Å². The lowest BCUT2D eigenvalue weighted by Gasteiger charge is -2.04. The van der Waals surface area contributed by atoms with E-state index in [0.29, 0.717) is 38.9 Å². The Hall–Kier alpha value is -0.950. The quantitative estimate of drug-likeness (QED) is 0.141. The summed E-state index contributed by atoms with van der Waals surface area (Å²) in [4.78, 5) is 0. The average molecular weight is 510 g/mol. The molecule has 0 fully saturated rings. The molecule has 0 saturated heterocycles. The second-order valence-electron chi connectivity index (χ2n) is 6.91. The van der Waals surface area contributed by atoms with Crippen LogP contribution in [0.5, 0.6) is 0 Å². The molecule has 32 heavy (non-hydrogen) atoms. The topological polar surface area (TPSA) is 35.5 Å². The highest BCUT2D eigenvalue weighted by Gasteiger charge is 2.04. The monoisotopic (exact) mass is 508 g/mol. The molecule has 0 atom stereocenters. The molecular weight excluding hydrogens is 471 g/mol. The van der Waals surface area contributed by atoms with Gasteiger partial charge in [0.15, 0.2) is 37.9 Å². The maximum atomic E-state index is 5.60. The van der Waals surface area contributed by atoms with E-state index >= 15 is 0 Å². The molecule has 2 rings (SSSR count). The van der Waals surface area contributed by atoms with Gasteiger partial charge in [0.2, 0.25) is 0 Å². The predicted molar refractivity (Wildman–Crippen MR) is 121 cm³/mol. The first-order valence-corrected chi connectivity index (χ1v) is 11.1. The summed E-state index contributed by atoms with van der Waals surface area (Å²) in [6, 6.07) is 8.77. The maximum Gasteiger partial charge on any atom is 0.171 e. The van der Waals surface area contributed by atoms with Gasteiger partial charge < -0.3 is 39.0 Å². The fourth-order valence-electron chi connectivity index (χ4n) is 2.86. The van der Waals surface area contributed by atoms with Crippen LogP contribution >= 0.6 is 11.6 Å². The normalized spacial score (nSPS) is 10.1. The Morgan fingerprint density at radius 3 is 1.47 bits per heavy atom. The van der Waals surface area contributed by atoms with Crippen LogP contribution in [0.1, 0.15) is 31.9 Å². The van der Waals surface area contributed by atoms with E-state index in [1.165, 1.54) is 11.1 Å². The third-order valence-electron chi connectivity index (χ3n) is 4.55. The molecule has 0 unspecified atom stereocenters. The summed E-state index contributed by atoms with van der Waals surface area (Å²) in [5.74, 6) is 0.547. The van der Waals surface area contributed by atoms with Gasteiger partial charge in [0.05, 0.1) is 19.8 Å². The molecule has 8 heteroatoms. The van der Waals surface area contributed by atoms with Crippen LogP contribution in [0, 0.1) is 0 Å². The van der Waals surface area contributed by atoms with E-state index in [1.54, 1.807) is 0 Å². The van der Waals surface area contributed by atoms with Crippen LogP contribution in [-0.2, 0) is 40.1 Å². The smallest absolute Gasteiger partial charge is 0.171 e. The number of hydrogen-bond donors (Lipinski definition) is 0. The highest BCUT2D eigenvalue weighted by molar-refractivity contribution is 6.17. The zero-order valence-corrected chi connectivity index (χ0v) is 20.6. The maximum absolute atomic E-state index is 5.60. The van der Waals surface area contributed by atoms with Gasteiger partial charge in [0, 0.05) is 36.8 Å². The molecule has 0 saturated carbocycles. The number of aromatic nitrogens is 2. The van der Waals surface area contributed by atoms with Crippen LogP contribution in [0.4, 0.5) is 0 Å². The second kappa shape index (κ2) is 21.9. The van der Waals surface area contributed by atoms with Crippen molar-refractivity contribution in [3.63, 3.8) is 0 Å². The number of halogens is 3. The molecule has 0 aromatic carbocycles. The van der Waals surface area contributed by atoms with Gasteiger partial charge in [0.25, 0.3) is 0 Å². The summed E-state index contributed by atoms with van der Waals surface area (Å²) in [5, 5.41) is 0. The van der Waals surface area contributed by atoms with Gasteiger partial charge in [-0.05, 0) is 30.4 Å². The molecule has 0 aliphatic carbocycles. The summed E-state index contributed by atoms with van der Waals surface area (Å²) >= 11 is 5.60. The lowest BCUT2D eigenvalue weighted by atomic mass is 10.1. The summed E-state index contributed by atoms with van der Waals surface area (Å²) in [7, 11) is 0. The molecule has 0 aliphatic heterocycles. The minimum Gasteiger partial charge on any atom is -1.00 e. The number of alkyl halides is 1. The van der Waals surface area contributed by atoms with Crippen molar-refractivity contribution in [2.24, 2.45) is 0 Å². The molecule has 0 bridgehead atoms. The molecule has 184 valence electrons. The van der Waals surface area contributed by atoms with E-state index in [0.717, 1.165) is 39.0 Å². The number of aryl methyl sites for hydroxylation is 2. The van der Waals surface area contributed by atoms with Crippen LogP contribution in [0.25, 0.3) is 0 Å². The SMILES string of the molecule is C.CCCOCCOCC[n+]1ccc(CCc2cc[n+](CCOCCCl)cc2)cc1.[Cl-].[Cl-]. The highest BCUT2D eigenvalue weighted by atomic mass is 35.5. The van der Waals surface area contributed by atoms with Gasteiger partial charge in [-0.1, -0.05) is 14.4 Å². The molecular formula is C24H39Cl3N2O3. The third-order valence-corrected chi connectivity index (χ3v) is 4.71. The van der Waals surface area contributed by atoms with E-state index in [2.05, 4.69) is 65.1 Å². The van der Waals surface area contributed by atoms with E-state index in [1.807, 2.05) is 0 Å². The van der Waals surface area contributed by atoms with Gasteiger partial charge in [-0.25, -0.2) is 9.13 Å². The average Bonchev–Trinajstić information content (AvgIpc) is 2.76. The Kier molecular flexibility index (Phi) is 22.7. The standard InChI is InChI=1S/C23H35ClN2O3.CH4.2ClH/c1-2-16-27-20-21-29-19-15-26-12-7-23(8-13-26)4-3-22-5-10-25(11-6-22)14-18-28-17-9-24;;;/h5-8,10-13H,2-4,9,14-21H2,1H3;1H4;2*1H/q+2;;;/p-2. The Morgan fingerprint density at radius 2 is 1.06 bits per heavy atom. The fraction of sp³-hybridized carbons (Fsp3) is 0.583. The molecule has 2 aromatic rings. The van der Waals surface area contributed by atoms with Crippen LogP contribution in [0.3, 0.4) is 0 Å². The van der Waals surface area contributed by atoms with E-state index in [9.17, 15) is 0 Å². The van der Waals surface area contributed by atoms with E-state index in [4.69, 9.17) is 25.8 Å². The first-order chi connectivity index (χ1) is 14.3. The molecule has 0 aliphatic rings. The zero-order chi connectivity index (χ0) is 20.6. The summed E-state index contributed by atoms with van der Waals surface area (Å²) in [6.07, 6.45) is 11.6. The number of hydrogen-bond acceptors (Lipinski definition) is 3. The Bertz CT molecular complexity index is 659. The second-order valence-corrected chi connectivity index (χ2v) is 7.29. The van der Waals surface area contributed by atoms with Gasteiger partial charge >= 0.3 is 0 Å². The van der Waals surface area contributed by atoms with Gasteiger partial charge in [0.1, 0.15) is 13.2 Å². The molecule has 0 spiro atoms. The first-order valence-electron chi connectivity index (χ1n) is 10.6. The summed E-state index contributed by atoms with van der Waals surface area (Å²) in [5.41, 5.74) is 2.69. The number of pyridine rings is 2. The largest absolute Gasteiger partial charge is 1.00 e. The van der Waals surface area contributed by atoms with Crippen molar-refractivity contribution in [1.29, 1.82) is 0 Å². The van der Waals surface area contributed by atoms with Crippen LogP contribution in [0.15, 0.2) is 49.1 Å². The van der Waals surface area contributed by atoms with Crippen molar-refractivity contribution in [2.75, 3.05) is 45.5 Å². The van der Waals surface area contributed by atoms with Gasteiger partial charge in [-0.15, -0.1) is 11.6 Å². The minimum absolute atomic E-state index is 0. The minimum atomic E-state index is 0. The Morgan fingerprint density at radius 1 is 0.656 bits per heavy atom.